The van der Waals surface area contributed by atoms with Gasteiger partial charge >= 0.3 is 0 Å². The molecule has 2 aromatic rings. The molecule has 0 saturated heterocycles. The van der Waals surface area contributed by atoms with Crippen molar-refractivity contribution >= 4 is 12.0 Å². The van der Waals surface area contributed by atoms with Gasteiger partial charge in [0.2, 0.25) is 0 Å². The molecule has 88 valence electrons. The van der Waals surface area contributed by atoms with Crippen LogP contribution in [-0.4, -0.2) is 11.2 Å². The highest BCUT2D eigenvalue weighted by Crippen LogP contribution is 2.39. The fourth-order valence-corrected chi connectivity index (χ4v) is 2.46. The van der Waals surface area contributed by atoms with Crippen LogP contribution in [-0.2, 0) is 6.42 Å². The lowest BCUT2D eigenvalue weighted by Gasteiger charge is -2.01. The zero-order valence-electron chi connectivity index (χ0n) is 9.42. The highest BCUT2D eigenvalue weighted by Gasteiger charge is 2.22. The Morgan fingerprint density at radius 1 is 1.17 bits per heavy atom. The van der Waals surface area contributed by atoms with E-state index in [2.05, 4.69) is 0 Å². The van der Waals surface area contributed by atoms with Crippen molar-refractivity contribution in [2.75, 3.05) is 0 Å². The van der Waals surface area contributed by atoms with Gasteiger partial charge in [-0.1, -0.05) is 18.2 Å². The largest absolute Gasteiger partial charge is 0.298 e. The standard InChI is InChI=1S/C14H9NO3/c16-8-9-2-1-3-13-12-5-4-11(15(17)18)6-10(12)7-14(9)13/h1-6,8H,7H2. The van der Waals surface area contributed by atoms with Gasteiger partial charge in [0, 0.05) is 17.7 Å². The van der Waals surface area contributed by atoms with Crippen molar-refractivity contribution in [2.24, 2.45) is 0 Å². The van der Waals surface area contributed by atoms with Crippen molar-refractivity contribution in [3.8, 4) is 11.1 Å². The first-order valence-corrected chi connectivity index (χ1v) is 5.55. The lowest BCUT2D eigenvalue weighted by molar-refractivity contribution is -0.384. The predicted octanol–water partition coefficient (Wildman–Crippen LogP) is 2.98. The number of aldehydes is 1. The summed E-state index contributed by atoms with van der Waals surface area (Å²) in [7, 11) is 0. The minimum Gasteiger partial charge on any atom is -0.298 e. The molecule has 3 rings (SSSR count). The second-order valence-corrected chi connectivity index (χ2v) is 4.27. The first kappa shape index (κ1) is 10.7. The predicted molar refractivity (Wildman–Crippen MR) is 66.7 cm³/mol. The van der Waals surface area contributed by atoms with Gasteiger partial charge in [0.25, 0.3) is 5.69 Å². The Kier molecular flexibility index (Phi) is 2.23. The van der Waals surface area contributed by atoms with E-state index < -0.39 is 4.92 Å². The Bertz CT molecular complexity index is 677. The van der Waals surface area contributed by atoms with Crippen molar-refractivity contribution < 1.29 is 9.72 Å². The molecule has 0 unspecified atom stereocenters. The molecule has 1 aliphatic carbocycles. The van der Waals surface area contributed by atoms with Crippen LogP contribution < -0.4 is 0 Å². The van der Waals surface area contributed by atoms with Crippen LogP contribution in [0.1, 0.15) is 21.5 Å². The number of nitrogens with zero attached hydrogens (tertiary/aromatic N) is 1. The van der Waals surface area contributed by atoms with Gasteiger partial charge in [-0.25, -0.2) is 0 Å². The first-order chi connectivity index (χ1) is 8.70. The summed E-state index contributed by atoms with van der Waals surface area (Å²) < 4.78 is 0. The molecule has 0 spiro atoms. The zero-order valence-corrected chi connectivity index (χ0v) is 9.42. The van der Waals surface area contributed by atoms with E-state index in [1.807, 2.05) is 12.1 Å². The van der Waals surface area contributed by atoms with Gasteiger partial charge in [-0.15, -0.1) is 0 Å². The minimum atomic E-state index is -0.399. The smallest absolute Gasteiger partial charge is 0.269 e. The number of nitro benzene ring substituents is 1. The SMILES string of the molecule is O=Cc1cccc2c1Cc1cc([N+](=O)[O-])ccc1-2. The molecule has 0 atom stereocenters. The van der Waals surface area contributed by atoms with E-state index in [0.717, 1.165) is 28.5 Å². The summed E-state index contributed by atoms with van der Waals surface area (Å²) in [5.74, 6) is 0. The van der Waals surface area contributed by atoms with E-state index in [0.29, 0.717) is 12.0 Å². The number of rotatable bonds is 2. The van der Waals surface area contributed by atoms with Gasteiger partial charge in [0.15, 0.2) is 0 Å². The fourth-order valence-electron chi connectivity index (χ4n) is 2.46. The first-order valence-electron chi connectivity index (χ1n) is 5.55. The second-order valence-electron chi connectivity index (χ2n) is 4.27. The van der Waals surface area contributed by atoms with E-state index in [-0.39, 0.29) is 5.69 Å². The third-order valence-electron chi connectivity index (χ3n) is 3.30. The molecule has 2 aromatic carbocycles. The Labute approximate surface area is 103 Å². The monoisotopic (exact) mass is 239 g/mol. The van der Waals surface area contributed by atoms with Crippen LogP contribution in [0.25, 0.3) is 11.1 Å². The molecule has 0 heterocycles. The van der Waals surface area contributed by atoms with Crippen molar-refractivity contribution in [3.05, 3.63) is 63.2 Å². The van der Waals surface area contributed by atoms with Crippen molar-refractivity contribution in [1.82, 2.24) is 0 Å². The number of carbonyl (C=O) groups is 1. The molecular weight excluding hydrogens is 230 g/mol. The van der Waals surface area contributed by atoms with E-state index >= 15 is 0 Å². The van der Waals surface area contributed by atoms with Crippen molar-refractivity contribution in [3.63, 3.8) is 0 Å². The lowest BCUT2D eigenvalue weighted by Crippen LogP contribution is -1.90. The number of carbonyl (C=O) groups excluding carboxylic acids is 1. The molecule has 0 amide bonds. The van der Waals surface area contributed by atoms with Gasteiger partial charge < -0.3 is 0 Å². The third-order valence-corrected chi connectivity index (χ3v) is 3.30. The molecule has 0 aliphatic heterocycles. The minimum absolute atomic E-state index is 0.0919. The Balaban J connectivity index is 2.19. The molecule has 0 radical (unpaired) electrons. The Hall–Kier alpha value is -2.49. The number of benzene rings is 2. The van der Waals surface area contributed by atoms with E-state index in [9.17, 15) is 14.9 Å². The fraction of sp³-hybridized carbons (Fsp3) is 0.0714. The third kappa shape index (κ3) is 1.43. The van der Waals surface area contributed by atoms with Crippen LogP contribution in [0.5, 0.6) is 0 Å². The van der Waals surface area contributed by atoms with Crippen LogP contribution in [0.2, 0.25) is 0 Å². The van der Waals surface area contributed by atoms with Gasteiger partial charge in [-0.3, -0.25) is 14.9 Å². The molecule has 4 heteroatoms. The van der Waals surface area contributed by atoms with Crippen molar-refractivity contribution in [1.29, 1.82) is 0 Å². The maximum Gasteiger partial charge on any atom is 0.269 e. The number of fused-ring (bicyclic) bond motifs is 3. The van der Waals surface area contributed by atoms with Crippen LogP contribution in [0.4, 0.5) is 5.69 Å². The van der Waals surface area contributed by atoms with Gasteiger partial charge in [0.1, 0.15) is 6.29 Å². The number of nitro groups is 1. The Morgan fingerprint density at radius 2 is 2.00 bits per heavy atom. The van der Waals surface area contributed by atoms with Gasteiger partial charge in [-0.2, -0.15) is 0 Å². The van der Waals surface area contributed by atoms with Crippen LogP contribution in [0.15, 0.2) is 36.4 Å². The topological polar surface area (TPSA) is 60.2 Å². The molecule has 0 bridgehead atoms. The Morgan fingerprint density at radius 3 is 2.72 bits per heavy atom. The van der Waals surface area contributed by atoms with E-state index in [4.69, 9.17) is 0 Å². The molecule has 0 fully saturated rings. The lowest BCUT2D eigenvalue weighted by atomic mass is 10.0. The number of hydrogen-bond acceptors (Lipinski definition) is 3. The molecule has 0 aromatic heterocycles. The second kappa shape index (κ2) is 3.77. The van der Waals surface area contributed by atoms with Crippen LogP contribution in [0, 0.1) is 10.1 Å². The molecular formula is C14H9NO3. The number of non-ortho nitro benzene ring substituents is 1. The zero-order chi connectivity index (χ0) is 12.7. The van der Waals surface area contributed by atoms with E-state index in [1.54, 1.807) is 18.2 Å². The summed E-state index contributed by atoms with van der Waals surface area (Å²) in [6.45, 7) is 0. The quantitative estimate of drug-likeness (QED) is 0.392. The van der Waals surface area contributed by atoms with Gasteiger partial charge in [-0.05, 0) is 34.7 Å². The maximum atomic E-state index is 11.0. The van der Waals surface area contributed by atoms with Crippen LogP contribution >= 0.6 is 0 Å². The number of hydrogen-bond donors (Lipinski definition) is 0. The summed E-state index contributed by atoms with van der Waals surface area (Å²) in [4.78, 5) is 21.3. The summed E-state index contributed by atoms with van der Waals surface area (Å²) >= 11 is 0. The van der Waals surface area contributed by atoms with E-state index in [1.165, 1.54) is 6.07 Å². The van der Waals surface area contributed by atoms with Crippen molar-refractivity contribution in [2.45, 2.75) is 6.42 Å². The molecule has 4 nitrogen and oxygen atoms in total. The molecule has 0 saturated carbocycles. The summed E-state index contributed by atoms with van der Waals surface area (Å²) in [6.07, 6.45) is 1.42. The average Bonchev–Trinajstić information content (AvgIpc) is 2.75. The highest BCUT2D eigenvalue weighted by molar-refractivity contribution is 5.87. The normalized spacial score (nSPS) is 11.8. The maximum absolute atomic E-state index is 11.0. The molecule has 0 N–H and O–H groups in total. The summed E-state index contributed by atoms with van der Waals surface area (Å²) in [6, 6.07) is 10.4. The highest BCUT2D eigenvalue weighted by atomic mass is 16.6. The van der Waals surface area contributed by atoms with Crippen LogP contribution in [0.3, 0.4) is 0 Å². The van der Waals surface area contributed by atoms with Gasteiger partial charge in [0.05, 0.1) is 4.92 Å². The molecule has 1 aliphatic rings. The average molecular weight is 239 g/mol. The summed E-state index contributed by atoms with van der Waals surface area (Å²) in [5.41, 5.74) is 4.61. The molecule has 18 heavy (non-hydrogen) atoms. The summed E-state index contributed by atoms with van der Waals surface area (Å²) in [5, 5.41) is 10.7.